The zero-order valence-electron chi connectivity index (χ0n) is 14.8. The highest BCUT2D eigenvalue weighted by Crippen LogP contribution is 2.20. The van der Waals surface area contributed by atoms with Crippen molar-refractivity contribution in [1.82, 2.24) is 4.40 Å². The van der Waals surface area contributed by atoms with Crippen LogP contribution in [0.4, 0.5) is 5.69 Å². The van der Waals surface area contributed by atoms with Crippen LogP contribution in [-0.2, 0) is 9.53 Å². The van der Waals surface area contributed by atoms with Gasteiger partial charge in [0, 0.05) is 23.8 Å². The van der Waals surface area contributed by atoms with Gasteiger partial charge in [0.1, 0.15) is 0 Å². The second kappa shape index (κ2) is 7.63. The molecule has 6 nitrogen and oxygen atoms in total. The number of carbonyl (C=O) groups is 3. The molecule has 0 radical (unpaired) electrons. The Labute approximate surface area is 160 Å². The fourth-order valence-corrected chi connectivity index (χ4v) is 2.84. The smallest absolute Gasteiger partial charge is 0.340 e. The zero-order valence-corrected chi connectivity index (χ0v) is 15.5. The number of esters is 1. The van der Waals surface area contributed by atoms with Gasteiger partial charge in [-0.05, 0) is 42.8 Å². The molecule has 1 aromatic carbocycles. The Hall–Kier alpha value is -3.12. The van der Waals surface area contributed by atoms with Crippen molar-refractivity contribution in [3.63, 3.8) is 0 Å². The molecule has 0 saturated carbocycles. The summed E-state index contributed by atoms with van der Waals surface area (Å²) >= 11 is 6.02. The van der Waals surface area contributed by atoms with Crippen molar-refractivity contribution in [3.05, 3.63) is 70.5 Å². The minimum Gasteiger partial charge on any atom is -0.452 e. The zero-order chi connectivity index (χ0) is 19.6. The normalized spacial score (nSPS) is 10.6. The van der Waals surface area contributed by atoms with Crippen LogP contribution in [0, 0.1) is 6.92 Å². The quantitative estimate of drug-likeness (QED) is 0.534. The molecule has 2 heterocycles. The molecule has 7 heteroatoms. The van der Waals surface area contributed by atoms with E-state index in [0.717, 1.165) is 5.56 Å². The van der Waals surface area contributed by atoms with E-state index in [2.05, 4.69) is 5.32 Å². The van der Waals surface area contributed by atoms with Crippen molar-refractivity contribution in [2.75, 3.05) is 11.9 Å². The molecule has 138 valence electrons. The third-order valence-electron chi connectivity index (χ3n) is 4.05. The minimum atomic E-state index is -0.678. The maximum Gasteiger partial charge on any atom is 0.340 e. The molecule has 0 fully saturated rings. The summed E-state index contributed by atoms with van der Waals surface area (Å²) in [7, 11) is 0. The minimum absolute atomic E-state index is 0.177. The molecule has 3 rings (SSSR count). The lowest BCUT2D eigenvalue weighted by Crippen LogP contribution is -2.20. The number of hydrogen-bond donors (Lipinski definition) is 1. The largest absolute Gasteiger partial charge is 0.452 e. The number of halogens is 1. The highest BCUT2D eigenvalue weighted by molar-refractivity contribution is 6.31. The average Bonchev–Trinajstić information content (AvgIpc) is 3.03. The molecule has 27 heavy (non-hydrogen) atoms. The number of benzene rings is 1. The molecule has 0 saturated heterocycles. The van der Waals surface area contributed by atoms with Crippen LogP contribution in [0.2, 0.25) is 5.02 Å². The Kier molecular flexibility index (Phi) is 5.28. The highest BCUT2D eigenvalue weighted by atomic mass is 35.5. The summed E-state index contributed by atoms with van der Waals surface area (Å²) in [4.78, 5) is 36.2. The van der Waals surface area contributed by atoms with Crippen molar-refractivity contribution < 1.29 is 19.1 Å². The first kappa shape index (κ1) is 18.7. The van der Waals surface area contributed by atoms with Gasteiger partial charge in [-0.2, -0.15) is 0 Å². The molecule has 0 aliphatic rings. The van der Waals surface area contributed by atoms with E-state index in [9.17, 15) is 14.4 Å². The summed E-state index contributed by atoms with van der Waals surface area (Å²) in [5.41, 5.74) is 2.55. The molecule has 3 aromatic rings. The predicted octanol–water partition coefficient (Wildman–Crippen LogP) is 3.90. The van der Waals surface area contributed by atoms with Crippen LogP contribution in [0.5, 0.6) is 0 Å². The maximum atomic E-state index is 12.4. The molecule has 0 spiro atoms. The Balaban J connectivity index is 1.70. The number of nitrogens with zero attached hydrogens (tertiary/aromatic N) is 1. The number of aromatic nitrogens is 1. The fraction of sp³-hybridized carbons (Fsp3) is 0.150. The number of pyridine rings is 1. The maximum absolute atomic E-state index is 12.4. The summed E-state index contributed by atoms with van der Waals surface area (Å²) < 4.78 is 6.73. The number of Topliss-reactive ketones (excluding diaryl/α,β-unsaturated/α-hetero) is 1. The standard InChI is InChI=1S/C20H17ClN2O4/c1-12-6-7-14(9-16(12)21)22-19(25)11-27-20(26)15-10-18(13(2)24)23-8-4-3-5-17(15)23/h3-10H,11H2,1-2H3,(H,22,25). The first-order valence-electron chi connectivity index (χ1n) is 8.21. The first-order valence-corrected chi connectivity index (χ1v) is 8.59. The number of carbonyl (C=O) groups excluding carboxylic acids is 3. The van der Waals surface area contributed by atoms with Gasteiger partial charge in [0.2, 0.25) is 0 Å². The molecule has 1 amide bonds. The summed E-state index contributed by atoms with van der Waals surface area (Å²) in [6.45, 7) is 2.82. The van der Waals surface area contributed by atoms with Crippen LogP contribution < -0.4 is 5.32 Å². The summed E-state index contributed by atoms with van der Waals surface area (Å²) in [6.07, 6.45) is 1.69. The molecule has 0 aliphatic carbocycles. The van der Waals surface area contributed by atoms with Crippen LogP contribution in [0.15, 0.2) is 48.7 Å². The van der Waals surface area contributed by atoms with E-state index in [1.807, 2.05) is 6.92 Å². The third-order valence-corrected chi connectivity index (χ3v) is 4.45. The molecule has 0 bridgehead atoms. The van der Waals surface area contributed by atoms with Gasteiger partial charge in [0.25, 0.3) is 5.91 Å². The van der Waals surface area contributed by atoms with Crippen LogP contribution in [0.3, 0.4) is 0 Å². The third kappa shape index (κ3) is 4.01. The SMILES string of the molecule is CC(=O)c1cc(C(=O)OCC(=O)Nc2ccc(C)c(Cl)c2)c2ccccn12. The van der Waals surface area contributed by atoms with Crippen LogP contribution in [0.25, 0.3) is 5.52 Å². The number of aryl methyl sites for hydroxylation is 1. The molecule has 1 N–H and O–H groups in total. The van der Waals surface area contributed by atoms with E-state index in [-0.39, 0.29) is 11.3 Å². The number of anilines is 1. The second-order valence-corrected chi connectivity index (χ2v) is 6.45. The lowest BCUT2D eigenvalue weighted by molar-refractivity contribution is -0.119. The lowest BCUT2D eigenvalue weighted by atomic mass is 10.2. The van der Waals surface area contributed by atoms with E-state index in [4.69, 9.17) is 16.3 Å². The Bertz CT molecular complexity index is 1060. The molecule has 2 aromatic heterocycles. The van der Waals surface area contributed by atoms with E-state index in [1.54, 1.807) is 47.0 Å². The van der Waals surface area contributed by atoms with Gasteiger partial charge >= 0.3 is 5.97 Å². The van der Waals surface area contributed by atoms with Crippen molar-refractivity contribution in [3.8, 4) is 0 Å². The monoisotopic (exact) mass is 384 g/mol. The van der Waals surface area contributed by atoms with Gasteiger partial charge in [0.05, 0.1) is 16.8 Å². The summed E-state index contributed by atoms with van der Waals surface area (Å²) in [5.74, 6) is -1.34. The van der Waals surface area contributed by atoms with Gasteiger partial charge in [-0.3, -0.25) is 9.59 Å². The van der Waals surface area contributed by atoms with Crippen LogP contribution in [0.1, 0.15) is 33.3 Å². The van der Waals surface area contributed by atoms with Crippen molar-refractivity contribution >= 4 is 40.5 Å². The molecule has 0 atom stereocenters. The van der Waals surface area contributed by atoms with E-state index in [1.165, 1.54) is 13.0 Å². The number of fused-ring (bicyclic) bond motifs is 1. The van der Waals surface area contributed by atoms with Gasteiger partial charge in [-0.15, -0.1) is 0 Å². The number of ketones is 1. The second-order valence-electron chi connectivity index (χ2n) is 6.04. The average molecular weight is 385 g/mol. The summed E-state index contributed by atoms with van der Waals surface area (Å²) in [6, 6.07) is 11.8. The molecular formula is C20H17ClN2O4. The lowest BCUT2D eigenvalue weighted by Gasteiger charge is -2.07. The highest BCUT2D eigenvalue weighted by Gasteiger charge is 2.19. The molecular weight excluding hydrogens is 368 g/mol. The number of ether oxygens (including phenoxy) is 1. The van der Waals surface area contributed by atoms with Crippen LogP contribution >= 0.6 is 11.6 Å². The van der Waals surface area contributed by atoms with Gasteiger partial charge in [-0.25, -0.2) is 4.79 Å². The Morgan fingerprint density at radius 2 is 1.93 bits per heavy atom. The first-order chi connectivity index (χ1) is 12.9. The van der Waals surface area contributed by atoms with Gasteiger partial charge < -0.3 is 14.5 Å². The molecule has 0 unspecified atom stereocenters. The number of rotatable bonds is 5. The topological polar surface area (TPSA) is 76.9 Å². The van der Waals surface area contributed by atoms with Crippen LogP contribution in [-0.4, -0.2) is 28.7 Å². The fourth-order valence-electron chi connectivity index (χ4n) is 2.66. The van der Waals surface area contributed by atoms with E-state index >= 15 is 0 Å². The number of nitrogens with one attached hydrogen (secondary N) is 1. The number of hydrogen-bond acceptors (Lipinski definition) is 4. The van der Waals surface area contributed by atoms with Crippen molar-refractivity contribution in [1.29, 1.82) is 0 Å². The Morgan fingerprint density at radius 3 is 2.63 bits per heavy atom. The summed E-state index contributed by atoms with van der Waals surface area (Å²) in [5, 5.41) is 3.15. The van der Waals surface area contributed by atoms with Crippen molar-refractivity contribution in [2.45, 2.75) is 13.8 Å². The molecule has 0 aliphatic heterocycles. The van der Waals surface area contributed by atoms with E-state index < -0.39 is 18.5 Å². The van der Waals surface area contributed by atoms with Gasteiger partial charge in [-0.1, -0.05) is 23.7 Å². The van der Waals surface area contributed by atoms with Crippen molar-refractivity contribution in [2.24, 2.45) is 0 Å². The number of amides is 1. The van der Waals surface area contributed by atoms with E-state index in [0.29, 0.717) is 21.9 Å². The van der Waals surface area contributed by atoms with Gasteiger partial charge in [0.15, 0.2) is 12.4 Å². The predicted molar refractivity (Wildman–Crippen MR) is 103 cm³/mol. The Morgan fingerprint density at radius 1 is 1.15 bits per heavy atom.